The second-order valence-electron chi connectivity index (χ2n) is 2.87. The number of aryl methyl sites for hydroxylation is 1. The maximum atomic E-state index is 10.7. The molecular formula is C7H8Cl3N3O2S. The van der Waals surface area contributed by atoms with E-state index in [-0.39, 0.29) is 5.82 Å². The summed E-state index contributed by atoms with van der Waals surface area (Å²) < 4.78 is 0.0761. The number of alkyl halides is 3. The Morgan fingerprint density at radius 2 is 2.25 bits per heavy atom. The van der Waals surface area contributed by atoms with Crippen LogP contribution < -0.4 is 0 Å². The summed E-state index contributed by atoms with van der Waals surface area (Å²) in [5.41, 5.74) is 0. The lowest BCUT2D eigenvalue weighted by Gasteiger charge is -2.09. The number of rotatable bonds is 4. The lowest BCUT2D eigenvalue weighted by atomic mass is 10.6. The van der Waals surface area contributed by atoms with Crippen LogP contribution in [0.15, 0.2) is 6.20 Å². The van der Waals surface area contributed by atoms with Gasteiger partial charge in [-0.1, -0.05) is 34.8 Å². The maximum absolute atomic E-state index is 10.7. The number of aromatic nitrogens is 2. The lowest BCUT2D eigenvalue weighted by Crippen LogP contribution is -2.08. The molecule has 0 saturated carbocycles. The van der Waals surface area contributed by atoms with Crippen LogP contribution in [0.2, 0.25) is 0 Å². The molecule has 0 fully saturated rings. The average Bonchev–Trinajstić information content (AvgIpc) is 2.46. The molecule has 16 heavy (non-hydrogen) atoms. The van der Waals surface area contributed by atoms with Crippen LogP contribution >= 0.6 is 46.6 Å². The van der Waals surface area contributed by atoms with E-state index >= 15 is 0 Å². The molecule has 5 nitrogen and oxygen atoms in total. The SMILES string of the molecule is Cc1ncc([N+](=O)[O-])n1CCSC(Cl)(Cl)Cl. The van der Waals surface area contributed by atoms with E-state index in [1.165, 1.54) is 10.8 Å². The highest BCUT2D eigenvalue weighted by atomic mass is 35.6. The number of thioether (sulfide) groups is 1. The second-order valence-corrected chi connectivity index (χ2v) is 7.13. The van der Waals surface area contributed by atoms with E-state index in [4.69, 9.17) is 34.8 Å². The zero-order valence-electron chi connectivity index (χ0n) is 8.19. The van der Waals surface area contributed by atoms with Crippen LogP contribution in [-0.4, -0.2) is 23.4 Å². The van der Waals surface area contributed by atoms with Crippen molar-refractivity contribution in [3.8, 4) is 0 Å². The van der Waals surface area contributed by atoms with E-state index in [0.717, 1.165) is 11.8 Å². The van der Waals surface area contributed by atoms with Crippen LogP contribution in [0.5, 0.6) is 0 Å². The Morgan fingerprint density at radius 1 is 1.62 bits per heavy atom. The Bertz CT molecular complexity index is 391. The molecular weight excluding hydrogens is 297 g/mol. The van der Waals surface area contributed by atoms with E-state index in [1.807, 2.05) is 0 Å². The zero-order valence-corrected chi connectivity index (χ0v) is 11.3. The number of nitrogens with zero attached hydrogens (tertiary/aromatic N) is 3. The minimum atomic E-state index is -1.40. The summed E-state index contributed by atoms with van der Waals surface area (Å²) >= 11 is 17.7. The quantitative estimate of drug-likeness (QED) is 0.487. The number of nitro groups is 1. The summed E-state index contributed by atoms with van der Waals surface area (Å²) in [5.74, 6) is 0.966. The van der Waals surface area contributed by atoms with Crippen molar-refractivity contribution in [1.29, 1.82) is 0 Å². The van der Waals surface area contributed by atoms with Crippen molar-refractivity contribution in [3.05, 3.63) is 22.1 Å². The molecule has 1 heterocycles. The first-order chi connectivity index (χ1) is 7.31. The molecule has 0 unspecified atom stereocenters. The Balaban J connectivity index is 2.66. The van der Waals surface area contributed by atoms with Gasteiger partial charge >= 0.3 is 5.82 Å². The van der Waals surface area contributed by atoms with Crippen molar-refractivity contribution >= 4 is 52.4 Å². The number of hydrogen-bond acceptors (Lipinski definition) is 4. The summed E-state index contributed by atoms with van der Waals surface area (Å²) in [6, 6.07) is 0. The fourth-order valence-electron chi connectivity index (χ4n) is 1.13. The van der Waals surface area contributed by atoms with E-state index in [9.17, 15) is 10.1 Å². The Morgan fingerprint density at radius 3 is 2.75 bits per heavy atom. The fraction of sp³-hybridized carbons (Fsp3) is 0.571. The van der Waals surface area contributed by atoms with Crippen LogP contribution in [0, 0.1) is 17.0 Å². The van der Waals surface area contributed by atoms with Crippen molar-refractivity contribution in [1.82, 2.24) is 9.55 Å². The van der Waals surface area contributed by atoms with Crippen LogP contribution in [0.25, 0.3) is 0 Å². The molecule has 0 aliphatic rings. The minimum absolute atomic E-state index is 0.0533. The largest absolute Gasteiger partial charge is 0.358 e. The third kappa shape index (κ3) is 4.01. The van der Waals surface area contributed by atoms with Gasteiger partial charge in [0.1, 0.15) is 12.7 Å². The van der Waals surface area contributed by atoms with Gasteiger partial charge in [0, 0.05) is 12.7 Å². The molecule has 0 N–H and O–H groups in total. The summed E-state index contributed by atoms with van der Waals surface area (Å²) in [5, 5.41) is 10.7. The van der Waals surface area contributed by atoms with Crippen LogP contribution in [-0.2, 0) is 6.54 Å². The molecule has 1 aromatic heterocycles. The molecule has 0 bridgehead atoms. The lowest BCUT2D eigenvalue weighted by molar-refractivity contribution is -0.392. The van der Waals surface area contributed by atoms with Crippen LogP contribution in [0.3, 0.4) is 0 Å². The highest BCUT2D eigenvalue weighted by molar-refractivity contribution is 8.04. The molecule has 0 radical (unpaired) electrons. The highest BCUT2D eigenvalue weighted by Gasteiger charge is 2.22. The molecule has 0 atom stereocenters. The molecule has 0 saturated heterocycles. The summed E-state index contributed by atoms with van der Waals surface area (Å²) in [6.45, 7) is 2.06. The molecule has 0 spiro atoms. The van der Waals surface area contributed by atoms with Gasteiger partial charge in [0.15, 0.2) is 5.82 Å². The molecule has 9 heteroatoms. The molecule has 0 aliphatic carbocycles. The van der Waals surface area contributed by atoms with Crippen LogP contribution in [0.1, 0.15) is 5.82 Å². The van der Waals surface area contributed by atoms with Gasteiger partial charge in [-0.15, -0.1) is 11.8 Å². The molecule has 1 aromatic rings. The summed E-state index contributed by atoms with van der Waals surface area (Å²) in [7, 11) is 0. The summed E-state index contributed by atoms with van der Waals surface area (Å²) in [6.07, 6.45) is 1.22. The van der Waals surface area contributed by atoms with Crippen molar-refractivity contribution in [3.63, 3.8) is 0 Å². The van der Waals surface area contributed by atoms with Crippen molar-refractivity contribution in [2.45, 2.75) is 16.6 Å². The third-order valence-corrected chi connectivity index (χ3v) is 3.50. The maximum Gasteiger partial charge on any atom is 0.342 e. The van der Waals surface area contributed by atoms with E-state index < -0.39 is 8.05 Å². The summed E-state index contributed by atoms with van der Waals surface area (Å²) in [4.78, 5) is 14.0. The molecule has 90 valence electrons. The van der Waals surface area contributed by atoms with Gasteiger partial charge in [-0.2, -0.15) is 0 Å². The number of imidazole rings is 1. The van der Waals surface area contributed by atoms with E-state index in [1.54, 1.807) is 6.92 Å². The first-order valence-electron chi connectivity index (χ1n) is 4.18. The normalized spacial score (nSPS) is 11.8. The zero-order chi connectivity index (χ0) is 12.3. The predicted molar refractivity (Wildman–Crippen MR) is 66.4 cm³/mol. The van der Waals surface area contributed by atoms with Gasteiger partial charge in [-0.05, 0) is 4.92 Å². The third-order valence-electron chi connectivity index (χ3n) is 1.80. The van der Waals surface area contributed by atoms with Gasteiger partial charge in [0.2, 0.25) is 3.12 Å². The molecule has 0 amide bonds. The topological polar surface area (TPSA) is 61.0 Å². The first-order valence-corrected chi connectivity index (χ1v) is 6.30. The second kappa shape index (κ2) is 5.44. The van der Waals surface area contributed by atoms with Gasteiger partial charge in [-0.3, -0.25) is 0 Å². The Kier molecular flexibility index (Phi) is 4.73. The molecule has 0 aromatic carbocycles. The minimum Gasteiger partial charge on any atom is -0.358 e. The molecule has 0 aliphatic heterocycles. The Labute approximate surface area is 111 Å². The smallest absolute Gasteiger partial charge is 0.342 e. The van der Waals surface area contributed by atoms with Crippen LogP contribution in [0.4, 0.5) is 5.82 Å². The van der Waals surface area contributed by atoms with Crippen molar-refractivity contribution < 1.29 is 4.92 Å². The number of halogens is 3. The van der Waals surface area contributed by atoms with E-state index in [2.05, 4.69) is 4.98 Å². The number of hydrogen-bond donors (Lipinski definition) is 0. The van der Waals surface area contributed by atoms with Gasteiger partial charge in [0.05, 0.1) is 0 Å². The highest BCUT2D eigenvalue weighted by Crippen LogP contribution is 2.38. The van der Waals surface area contributed by atoms with Gasteiger partial charge < -0.3 is 10.1 Å². The fourth-order valence-corrected chi connectivity index (χ4v) is 2.33. The standard InChI is InChI=1S/C7H8Cl3N3O2S/c1-5-11-4-6(13(14)15)12(5)2-3-16-7(8,9)10/h4H,2-3H2,1H3. The van der Waals surface area contributed by atoms with E-state index in [0.29, 0.717) is 18.1 Å². The first kappa shape index (κ1) is 13.9. The average molecular weight is 305 g/mol. The van der Waals surface area contributed by atoms with Crippen molar-refractivity contribution in [2.75, 3.05) is 5.75 Å². The van der Waals surface area contributed by atoms with Crippen molar-refractivity contribution in [2.24, 2.45) is 0 Å². The molecule has 1 rings (SSSR count). The monoisotopic (exact) mass is 303 g/mol. The van der Waals surface area contributed by atoms with Gasteiger partial charge in [-0.25, -0.2) is 9.55 Å². The Hall–Kier alpha value is -0.170. The van der Waals surface area contributed by atoms with Gasteiger partial charge in [0.25, 0.3) is 0 Å². The predicted octanol–water partition coefficient (Wildman–Crippen LogP) is 3.16.